The number of anilines is 1. The second-order valence-corrected chi connectivity index (χ2v) is 6.31. The van der Waals surface area contributed by atoms with Gasteiger partial charge in [-0.25, -0.2) is 0 Å². The van der Waals surface area contributed by atoms with Crippen LogP contribution in [0, 0.1) is 0 Å². The van der Waals surface area contributed by atoms with Crippen LogP contribution in [-0.2, 0) is 13.0 Å². The Hall–Kier alpha value is -3.42. The summed E-state index contributed by atoms with van der Waals surface area (Å²) in [7, 11) is 0. The number of H-pyrrole nitrogens is 1. The van der Waals surface area contributed by atoms with E-state index in [1.807, 2.05) is 36.4 Å². The number of unbranched alkanes of at least 4 members (excludes halogenated alkanes) is 1. The first-order chi connectivity index (χ1) is 13.2. The Kier molecular flexibility index (Phi) is 4.69. The van der Waals surface area contributed by atoms with Gasteiger partial charge in [-0.05, 0) is 12.8 Å². The molecular formula is C19H20N6O2. The molecule has 0 saturated heterocycles. The molecule has 1 aromatic carbocycles. The Labute approximate surface area is 155 Å². The zero-order chi connectivity index (χ0) is 18.6. The summed E-state index contributed by atoms with van der Waals surface area (Å²) in [6.45, 7) is 2.51. The molecule has 0 bridgehead atoms. The highest BCUT2D eigenvalue weighted by molar-refractivity contribution is 5.57. The van der Waals surface area contributed by atoms with E-state index in [1.54, 1.807) is 6.07 Å². The average molecular weight is 364 g/mol. The molecule has 0 aliphatic heterocycles. The van der Waals surface area contributed by atoms with Gasteiger partial charge in [-0.1, -0.05) is 48.8 Å². The van der Waals surface area contributed by atoms with E-state index in [9.17, 15) is 4.79 Å². The molecule has 0 aliphatic rings. The van der Waals surface area contributed by atoms with Crippen LogP contribution in [0.15, 0.2) is 51.8 Å². The minimum absolute atomic E-state index is 0.191. The van der Waals surface area contributed by atoms with Gasteiger partial charge in [-0.2, -0.15) is 9.50 Å². The lowest BCUT2D eigenvalue weighted by molar-refractivity contribution is 0.424. The number of hydrogen-bond donors (Lipinski definition) is 2. The minimum Gasteiger partial charge on any atom is -0.356 e. The summed E-state index contributed by atoms with van der Waals surface area (Å²) in [6.07, 6.45) is 2.90. The fourth-order valence-electron chi connectivity index (χ4n) is 2.82. The highest BCUT2D eigenvalue weighted by atomic mass is 16.5. The van der Waals surface area contributed by atoms with Crippen molar-refractivity contribution in [2.75, 3.05) is 5.32 Å². The summed E-state index contributed by atoms with van der Waals surface area (Å²) >= 11 is 0. The quantitative estimate of drug-likeness (QED) is 0.523. The zero-order valence-corrected chi connectivity index (χ0v) is 15.0. The molecule has 0 amide bonds. The van der Waals surface area contributed by atoms with Gasteiger partial charge in [-0.3, -0.25) is 4.79 Å². The average Bonchev–Trinajstić information content (AvgIpc) is 3.32. The molecule has 27 heavy (non-hydrogen) atoms. The fourth-order valence-corrected chi connectivity index (χ4v) is 2.82. The van der Waals surface area contributed by atoms with Crippen molar-refractivity contribution in [1.29, 1.82) is 0 Å². The van der Waals surface area contributed by atoms with Crippen LogP contribution >= 0.6 is 0 Å². The topological polar surface area (TPSA) is 101 Å². The van der Waals surface area contributed by atoms with E-state index in [1.165, 1.54) is 4.52 Å². The third-order valence-electron chi connectivity index (χ3n) is 4.23. The molecule has 0 atom stereocenters. The highest BCUT2D eigenvalue weighted by Gasteiger charge is 2.10. The summed E-state index contributed by atoms with van der Waals surface area (Å²) in [6, 6.07) is 13.2. The van der Waals surface area contributed by atoms with Gasteiger partial charge in [0, 0.05) is 23.4 Å². The van der Waals surface area contributed by atoms with Gasteiger partial charge >= 0.3 is 0 Å². The number of aromatic amines is 1. The van der Waals surface area contributed by atoms with E-state index in [0.717, 1.165) is 36.2 Å². The van der Waals surface area contributed by atoms with Crippen LogP contribution in [0.3, 0.4) is 0 Å². The molecular weight excluding hydrogens is 344 g/mol. The molecule has 3 heterocycles. The maximum atomic E-state index is 12.2. The van der Waals surface area contributed by atoms with Crippen LogP contribution in [0.4, 0.5) is 5.95 Å². The van der Waals surface area contributed by atoms with Crippen molar-refractivity contribution in [1.82, 2.24) is 24.7 Å². The maximum absolute atomic E-state index is 12.2. The van der Waals surface area contributed by atoms with Crippen LogP contribution in [0.5, 0.6) is 0 Å². The van der Waals surface area contributed by atoms with Crippen LogP contribution in [-0.4, -0.2) is 24.7 Å². The molecule has 0 fully saturated rings. The number of nitrogens with zero attached hydrogens (tertiary/aromatic N) is 4. The fraction of sp³-hybridized carbons (Fsp3) is 0.263. The molecule has 0 unspecified atom stereocenters. The summed E-state index contributed by atoms with van der Waals surface area (Å²) in [5, 5.41) is 11.3. The predicted octanol–water partition coefficient (Wildman–Crippen LogP) is 3.03. The summed E-state index contributed by atoms with van der Waals surface area (Å²) in [5.41, 5.74) is 2.37. The van der Waals surface area contributed by atoms with Gasteiger partial charge in [0.15, 0.2) is 5.76 Å². The third kappa shape index (κ3) is 3.74. The van der Waals surface area contributed by atoms with E-state index in [4.69, 9.17) is 4.52 Å². The maximum Gasteiger partial charge on any atom is 0.275 e. The molecule has 4 aromatic rings. The Morgan fingerprint density at radius 3 is 2.89 bits per heavy atom. The van der Waals surface area contributed by atoms with Crippen molar-refractivity contribution in [3.05, 3.63) is 64.2 Å². The Morgan fingerprint density at radius 1 is 1.22 bits per heavy atom. The number of fused-ring (bicyclic) bond motifs is 1. The van der Waals surface area contributed by atoms with Gasteiger partial charge < -0.3 is 14.8 Å². The van der Waals surface area contributed by atoms with Crippen LogP contribution in [0.1, 0.15) is 31.2 Å². The Morgan fingerprint density at radius 2 is 2.07 bits per heavy atom. The number of aromatic nitrogens is 5. The summed E-state index contributed by atoms with van der Waals surface area (Å²) in [4.78, 5) is 19.7. The number of benzene rings is 1. The van der Waals surface area contributed by atoms with E-state index in [0.29, 0.717) is 24.0 Å². The van der Waals surface area contributed by atoms with E-state index in [-0.39, 0.29) is 5.56 Å². The van der Waals surface area contributed by atoms with Gasteiger partial charge in [0.1, 0.15) is 5.69 Å². The van der Waals surface area contributed by atoms with Gasteiger partial charge in [-0.15, -0.1) is 5.10 Å². The lowest BCUT2D eigenvalue weighted by atomic mass is 10.2. The van der Waals surface area contributed by atoms with Crippen molar-refractivity contribution in [3.63, 3.8) is 0 Å². The summed E-state index contributed by atoms with van der Waals surface area (Å²) < 4.78 is 6.64. The van der Waals surface area contributed by atoms with Crippen LogP contribution < -0.4 is 10.9 Å². The first kappa shape index (κ1) is 17.0. The lowest BCUT2D eigenvalue weighted by Gasteiger charge is -1.99. The van der Waals surface area contributed by atoms with Crippen LogP contribution in [0.25, 0.3) is 17.1 Å². The standard InChI is InChI=1S/C19H20N6O2/c1-2-3-9-14-11-17(26)25-19(21-14)22-18(23-25)20-12-15-10-16(27-24-15)13-7-5-4-6-8-13/h4-8,10-11H,2-3,9,12H2,1H3,(H2,20,21,22,23). The Bertz CT molecular complexity index is 1100. The summed E-state index contributed by atoms with van der Waals surface area (Å²) in [5.74, 6) is 1.49. The molecule has 0 radical (unpaired) electrons. The van der Waals surface area contributed by atoms with E-state index < -0.39 is 0 Å². The molecule has 0 saturated carbocycles. The molecule has 2 N–H and O–H groups in total. The number of nitrogens with one attached hydrogen (secondary N) is 2. The molecule has 8 heteroatoms. The normalized spacial score (nSPS) is 11.1. The number of hydrogen-bond acceptors (Lipinski definition) is 6. The molecule has 4 rings (SSSR count). The zero-order valence-electron chi connectivity index (χ0n) is 15.0. The van der Waals surface area contributed by atoms with Crippen molar-refractivity contribution in [3.8, 4) is 11.3 Å². The minimum atomic E-state index is -0.191. The van der Waals surface area contributed by atoms with Crippen LogP contribution in [0.2, 0.25) is 0 Å². The van der Waals surface area contributed by atoms with Gasteiger partial charge in [0.05, 0.1) is 6.54 Å². The number of rotatable bonds is 7. The highest BCUT2D eigenvalue weighted by Crippen LogP contribution is 2.20. The SMILES string of the molecule is CCCCc1cc(=O)n2nc(NCc3cc(-c4ccccc4)on3)nc2[nH]1. The first-order valence-electron chi connectivity index (χ1n) is 8.97. The molecule has 0 spiro atoms. The monoisotopic (exact) mass is 364 g/mol. The predicted molar refractivity (Wildman–Crippen MR) is 101 cm³/mol. The van der Waals surface area contributed by atoms with Gasteiger partial charge in [0.25, 0.3) is 5.56 Å². The third-order valence-corrected chi connectivity index (χ3v) is 4.23. The van der Waals surface area contributed by atoms with Gasteiger partial charge in [0.2, 0.25) is 11.7 Å². The lowest BCUT2D eigenvalue weighted by Crippen LogP contribution is -2.15. The smallest absolute Gasteiger partial charge is 0.275 e. The number of aryl methyl sites for hydroxylation is 1. The largest absolute Gasteiger partial charge is 0.356 e. The van der Waals surface area contributed by atoms with Crippen molar-refractivity contribution in [2.24, 2.45) is 0 Å². The molecule has 3 aromatic heterocycles. The van der Waals surface area contributed by atoms with Crippen molar-refractivity contribution in [2.45, 2.75) is 32.7 Å². The van der Waals surface area contributed by atoms with E-state index >= 15 is 0 Å². The Balaban J connectivity index is 1.48. The molecule has 8 nitrogen and oxygen atoms in total. The second-order valence-electron chi connectivity index (χ2n) is 6.31. The van der Waals surface area contributed by atoms with E-state index in [2.05, 4.69) is 32.5 Å². The molecule has 138 valence electrons. The van der Waals surface area contributed by atoms with Crippen molar-refractivity contribution >= 4 is 11.7 Å². The first-order valence-corrected chi connectivity index (χ1v) is 8.97. The molecule has 0 aliphatic carbocycles. The van der Waals surface area contributed by atoms with Crippen molar-refractivity contribution < 1.29 is 4.52 Å². The second kappa shape index (κ2) is 7.45.